The molecule has 104 valence electrons. The van der Waals surface area contributed by atoms with Crippen LogP contribution in [-0.2, 0) is 9.53 Å². The van der Waals surface area contributed by atoms with E-state index in [9.17, 15) is 4.79 Å². The lowest BCUT2D eigenvalue weighted by atomic mass is 9.94. The van der Waals surface area contributed by atoms with E-state index in [1.807, 2.05) is 20.8 Å². The fourth-order valence-electron chi connectivity index (χ4n) is 3.26. The average molecular weight is 253 g/mol. The van der Waals surface area contributed by atoms with Crippen LogP contribution in [0.2, 0.25) is 0 Å². The van der Waals surface area contributed by atoms with Gasteiger partial charge in [0.1, 0.15) is 11.6 Å². The van der Waals surface area contributed by atoms with Gasteiger partial charge in [0.25, 0.3) is 0 Å². The van der Waals surface area contributed by atoms with Gasteiger partial charge in [-0.15, -0.1) is 0 Å². The summed E-state index contributed by atoms with van der Waals surface area (Å²) in [6.07, 6.45) is 8.65. The first-order chi connectivity index (χ1) is 8.47. The minimum Gasteiger partial charge on any atom is -0.459 e. The van der Waals surface area contributed by atoms with Crippen molar-refractivity contribution in [3.8, 4) is 0 Å². The summed E-state index contributed by atoms with van der Waals surface area (Å²) in [6.45, 7) is 6.93. The molecule has 1 saturated heterocycles. The zero-order valence-electron chi connectivity index (χ0n) is 12.1. The Morgan fingerprint density at radius 1 is 1.06 bits per heavy atom. The van der Waals surface area contributed by atoms with Crippen molar-refractivity contribution in [1.82, 2.24) is 4.90 Å². The number of carbonyl (C=O) groups is 1. The van der Waals surface area contributed by atoms with Crippen molar-refractivity contribution >= 4 is 5.97 Å². The Morgan fingerprint density at radius 3 is 2.33 bits per heavy atom. The number of likely N-dealkylation sites (tertiary alicyclic amines) is 1. The summed E-state index contributed by atoms with van der Waals surface area (Å²) in [5.41, 5.74) is -0.363. The molecule has 0 spiro atoms. The summed E-state index contributed by atoms with van der Waals surface area (Å²) in [6, 6.07) is 0.645. The van der Waals surface area contributed by atoms with Crippen molar-refractivity contribution in [2.24, 2.45) is 0 Å². The van der Waals surface area contributed by atoms with E-state index in [0.29, 0.717) is 6.04 Å². The van der Waals surface area contributed by atoms with Crippen LogP contribution in [-0.4, -0.2) is 35.1 Å². The van der Waals surface area contributed by atoms with Crippen molar-refractivity contribution in [2.45, 2.75) is 83.4 Å². The van der Waals surface area contributed by atoms with Gasteiger partial charge in [0.05, 0.1) is 0 Å². The number of hydrogen-bond donors (Lipinski definition) is 0. The minimum atomic E-state index is -0.363. The fourth-order valence-corrected chi connectivity index (χ4v) is 3.26. The van der Waals surface area contributed by atoms with E-state index in [4.69, 9.17) is 4.74 Å². The predicted octanol–water partition coefficient (Wildman–Crippen LogP) is 3.13. The molecule has 0 aromatic carbocycles. The first-order valence-corrected chi connectivity index (χ1v) is 7.46. The van der Waals surface area contributed by atoms with Crippen molar-refractivity contribution in [2.75, 3.05) is 6.54 Å². The van der Waals surface area contributed by atoms with E-state index < -0.39 is 0 Å². The Bertz CT molecular complexity index is 289. The number of ether oxygens (including phenoxy) is 1. The Morgan fingerprint density at radius 2 is 1.72 bits per heavy atom. The normalized spacial score (nSPS) is 27.4. The molecule has 0 N–H and O–H groups in total. The maximum atomic E-state index is 12.3. The van der Waals surface area contributed by atoms with E-state index in [2.05, 4.69) is 4.90 Å². The molecule has 0 bridgehead atoms. The third kappa shape index (κ3) is 3.47. The number of hydrogen-bond acceptors (Lipinski definition) is 3. The molecule has 0 amide bonds. The molecule has 3 heteroatoms. The zero-order valence-corrected chi connectivity index (χ0v) is 12.1. The summed E-state index contributed by atoms with van der Waals surface area (Å²) < 4.78 is 5.56. The highest BCUT2D eigenvalue weighted by atomic mass is 16.6. The second-order valence-electron chi connectivity index (χ2n) is 6.72. The molecule has 2 rings (SSSR count). The summed E-state index contributed by atoms with van der Waals surface area (Å²) in [5.74, 6) is -0.00873. The van der Waals surface area contributed by atoms with E-state index >= 15 is 0 Å². The quantitative estimate of drug-likeness (QED) is 0.708. The highest BCUT2D eigenvalue weighted by molar-refractivity contribution is 5.76. The molecule has 0 unspecified atom stereocenters. The van der Waals surface area contributed by atoms with Crippen molar-refractivity contribution in [3.63, 3.8) is 0 Å². The predicted molar refractivity (Wildman–Crippen MR) is 72.4 cm³/mol. The van der Waals surface area contributed by atoms with Gasteiger partial charge < -0.3 is 4.74 Å². The van der Waals surface area contributed by atoms with Crippen LogP contribution < -0.4 is 0 Å². The van der Waals surface area contributed by atoms with Gasteiger partial charge in [-0.2, -0.15) is 0 Å². The standard InChI is InChI=1S/C15H27NO2/c1-15(2,3)18-14(17)13-10-7-11-16(13)12-8-5-4-6-9-12/h12-13H,4-11H2,1-3H3/t13-/m1/s1. The van der Waals surface area contributed by atoms with Crippen LogP contribution in [0.1, 0.15) is 65.7 Å². The Balaban J connectivity index is 1.96. The van der Waals surface area contributed by atoms with E-state index in [1.54, 1.807) is 0 Å². The van der Waals surface area contributed by atoms with Gasteiger partial charge in [-0.3, -0.25) is 9.69 Å². The monoisotopic (exact) mass is 253 g/mol. The summed E-state index contributed by atoms with van der Waals surface area (Å²) in [4.78, 5) is 14.7. The zero-order chi connectivity index (χ0) is 13.2. The topological polar surface area (TPSA) is 29.5 Å². The maximum absolute atomic E-state index is 12.3. The van der Waals surface area contributed by atoms with Crippen LogP contribution in [0.4, 0.5) is 0 Å². The Labute approximate surface area is 111 Å². The molecule has 1 heterocycles. The van der Waals surface area contributed by atoms with Crippen LogP contribution in [0.25, 0.3) is 0 Å². The molecule has 3 nitrogen and oxygen atoms in total. The molecular formula is C15H27NO2. The molecule has 1 atom stereocenters. The molecule has 1 aliphatic carbocycles. The number of carbonyl (C=O) groups excluding carboxylic acids is 1. The maximum Gasteiger partial charge on any atom is 0.323 e. The van der Waals surface area contributed by atoms with Gasteiger partial charge in [0.2, 0.25) is 0 Å². The summed E-state index contributed by atoms with van der Waals surface area (Å²) in [7, 11) is 0. The summed E-state index contributed by atoms with van der Waals surface area (Å²) in [5, 5.41) is 0. The SMILES string of the molecule is CC(C)(C)OC(=O)[C@H]1CCCN1C1CCCCC1. The number of rotatable bonds is 2. The molecule has 1 aliphatic heterocycles. The second-order valence-corrected chi connectivity index (χ2v) is 6.72. The lowest BCUT2D eigenvalue weighted by Gasteiger charge is -2.35. The van der Waals surface area contributed by atoms with Gasteiger partial charge in [-0.25, -0.2) is 0 Å². The van der Waals surface area contributed by atoms with Gasteiger partial charge in [-0.1, -0.05) is 19.3 Å². The first kappa shape index (κ1) is 13.9. The van der Waals surface area contributed by atoms with Crippen molar-refractivity contribution in [1.29, 1.82) is 0 Å². The first-order valence-electron chi connectivity index (χ1n) is 7.46. The van der Waals surface area contributed by atoms with Crippen molar-refractivity contribution < 1.29 is 9.53 Å². The van der Waals surface area contributed by atoms with Crippen LogP contribution in [0, 0.1) is 0 Å². The molecule has 2 fully saturated rings. The molecule has 1 saturated carbocycles. The van der Waals surface area contributed by atoms with Gasteiger partial charge in [-0.05, 0) is 53.0 Å². The molecule has 0 aromatic rings. The molecule has 2 aliphatic rings. The lowest BCUT2D eigenvalue weighted by molar-refractivity contribution is -0.161. The third-order valence-corrected chi connectivity index (χ3v) is 4.02. The molecule has 18 heavy (non-hydrogen) atoms. The van der Waals surface area contributed by atoms with Crippen LogP contribution >= 0.6 is 0 Å². The van der Waals surface area contributed by atoms with E-state index in [-0.39, 0.29) is 17.6 Å². The largest absolute Gasteiger partial charge is 0.459 e. The van der Waals surface area contributed by atoms with Crippen LogP contribution in [0.15, 0.2) is 0 Å². The Hall–Kier alpha value is -0.570. The fraction of sp³-hybridized carbons (Fsp3) is 0.933. The van der Waals surface area contributed by atoms with Gasteiger partial charge in [0.15, 0.2) is 0 Å². The second kappa shape index (κ2) is 5.60. The molecule has 0 radical (unpaired) electrons. The van der Waals surface area contributed by atoms with Crippen LogP contribution in [0.5, 0.6) is 0 Å². The Kier molecular flexibility index (Phi) is 4.31. The van der Waals surface area contributed by atoms with E-state index in [1.165, 1.54) is 32.1 Å². The smallest absolute Gasteiger partial charge is 0.323 e. The molecular weight excluding hydrogens is 226 g/mol. The number of nitrogens with zero attached hydrogens (tertiary/aromatic N) is 1. The van der Waals surface area contributed by atoms with Crippen molar-refractivity contribution in [3.05, 3.63) is 0 Å². The minimum absolute atomic E-state index is 0.00873. The highest BCUT2D eigenvalue weighted by Crippen LogP contribution is 2.30. The third-order valence-electron chi connectivity index (χ3n) is 4.02. The average Bonchev–Trinajstić information content (AvgIpc) is 2.76. The lowest BCUT2D eigenvalue weighted by Crippen LogP contribution is -2.46. The number of esters is 1. The van der Waals surface area contributed by atoms with E-state index in [0.717, 1.165) is 19.4 Å². The van der Waals surface area contributed by atoms with Crippen LogP contribution in [0.3, 0.4) is 0 Å². The highest BCUT2D eigenvalue weighted by Gasteiger charge is 2.37. The van der Waals surface area contributed by atoms with Gasteiger partial charge in [0, 0.05) is 6.04 Å². The summed E-state index contributed by atoms with van der Waals surface area (Å²) >= 11 is 0. The molecule has 0 aromatic heterocycles. The van der Waals surface area contributed by atoms with Gasteiger partial charge >= 0.3 is 5.97 Å².